The molecule has 1 aliphatic rings. The number of rotatable bonds is 3. The minimum absolute atomic E-state index is 0.422. The van der Waals surface area contributed by atoms with Crippen LogP contribution in [0.1, 0.15) is 41.2 Å². The van der Waals surface area contributed by atoms with Crippen molar-refractivity contribution in [3.8, 4) is 0 Å². The van der Waals surface area contributed by atoms with Crippen molar-refractivity contribution in [1.29, 1.82) is 0 Å². The topological polar surface area (TPSA) is 63.8 Å². The normalized spacial score (nSPS) is 17.2. The van der Waals surface area contributed by atoms with Gasteiger partial charge in [-0.2, -0.15) is 4.98 Å². The first-order valence-corrected chi connectivity index (χ1v) is 7.13. The number of aryl methyl sites for hydroxylation is 1. The lowest BCUT2D eigenvalue weighted by atomic mass is 9.98. The van der Waals surface area contributed by atoms with Gasteiger partial charge in [-0.1, -0.05) is 5.16 Å². The van der Waals surface area contributed by atoms with Crippen molar-refractivity contribution in [2.24, 2.45) is 0 Å². The molecule has 18 heavy (non-hydrogen) atoms. The van der Waals surface area contributed by atoms with Gasteiger partial charge in [-0.25, -0.2) is 4.98 Å². The lowest BCUT2D eigenvalue weighted by molar-refractivity contribution is 0.318. The number of hydrogen-bond acceptors (Lipinski definition) is 6. The van der Waals surface area contributed by atoms with Crippen LogP contribution in [0.5, 0.6) is 0 Å². The minimum Gasteiger partial charge on any atom is -0.339 e. The van der Waals surface area contributed by atoms with Gasteiger partial charge in [-0.15, -0.1) is 11.3 Å². The minimum atomic E-state index is 0.422. The summed E-state index contributed by atoms with van der Waals surface area (Å²) < 4.78 is 5.37. The first-order valence-electron chi connectivity index (χ1n) is 6.25. The highest BCUT2D eigenvalue weighted by Crippen LogP contribution is 2.24. The highest BCUT2D eigenvalue weighted by Gasteiger charge is 2.21. The van der Waals surface area contributed by atoms with Crippen molar-refractivity contribution >= 4 is 11.3 Å². The molecule has 5 nitrogen and oxygen atoms in total. The molecule has 0 aliphatic carbocycles. The predicted octanol–water partition coefficient (Wildman–Crippen LogP) is 1.89. The number of piperidine rings is 1. The largest absolute Gasteiger partial charge is 0.339 e. The third-order valence-electron chi connectivity index (χ3n) is 3.15. The molecule has 0 unspecified atom stereocenters. The maximum absolute atomic E-state index is 5.37. The van der Waals surface area contributed by atoms with Gasteiger partial charge in [0, 0.05) is 17.0 Å². The van der Waals surface area contributed by atoms with Crippen LogP contribution in [0, 0.1) is 6.92 Å². The van der Waals surface area contributed by atoms with Crippen molar-refractivity contribution in [1.82, 2.24) is 20.4 Å². The van der Waals surface area contributed by atoms with E-state index in [0.29, 0.717) is 12.3 Å². The number of nitrogens with zero attached hydrogens (tertiary/aromatic N) is 3. The number of nitrogens with one attached hydrogen (secondary N) is 1. The van der Waals surface area contributed by atoms with Gasteiger partial charge in [0.1, 0.15) is 5.01 Å². The second-order valence-corrected chi connectivity index (χ2v) is 5.58. The van der Waals surface area contributed by atoms with Gasteiger partial charge < -0.3 is 9.84 Å². The van der Waals surface area contributed by atoms with E-state index in [-0.39, 0.29) is 0 Å². The monoisotopic (exact) mass is 264 g/mol. The van der Waals surface area contributed by atoms with Gasteiger partial charge in [0.2, 0.25) is 5.89 Å². The highest BCUT2D eigenvalue weighted by molar-refractivity contribution is 7.09. The Morgan fingerprint density at radius 1 is 1.39 bits per heavy atom. The van der Waals surface area contributed by atoms with Gasteiger partial charge in [0.25, 0.3) is 0 Å². The molecule has 3 rings (SSSR count). The molecule has 3 heterocycles. The van der Waals surface area contributed by atoms with E-state index in [1.165, 1.54) is 0 Å². The van der Waals surface area contributed by atoms with Crippen molar-refractivity contribution in [2.45, 2.75) is 32.1 Å². The molecule has 0 amide bonds. The first kappa shape index (κ1) is 11.8. The Morgan fingerprint density at radius 3 is 2.94 bits per heavy atom. The van der Waals surface area contributed by atoms with Crippen LogP contribution < -0.4 is 5.32 Å². The lowest BCUT2D eigenvalue weighted by Crippen LogP contribution is -2.26. The summed E-state index contributed by atoms with van der Waals surface area (Å²) in [6.45, 7) is 4.07. The second-order valence-electron chi connectivity index (χ2n) is 4.63. The smallest absolute Gasteiger partial charge is 0.229 e. The first-order chi connectivity index (χ1) is 8.81. The Hall–Kier alpha value is -1.27. The SMILES string of the molecule is Cc1csc(Cc2noc(C3CCNCC3)n2)n1. The standard InChI is InChI=1S/C12H16N4OS/c1-8-7-18-11(14-8)6-10-15-12(17-16-10)9-2-4-13-5-3-9/h7,9,13H,2-6H2,1H3. The zero-order valence-electron chi connectivity index (χ0n) is 10.3. The summed E-state index contributed by atoms with van der Waals surface area (Å²) in [5.41, 5.74) is 1.05. The Balaban J connectivity index is 1.69. The predicted molar refractivity (Wildman–Crippen MR) is 68.8 cm³/mol. The van der Waals surface area contributed by atoms with E-state index in [0.717, 1.165) is 48.3 Å². The quantitative estimate of drug-likeness (QED) is 0.917. The Labute approximate surface area is 110 Å². The number of hydrogen-bond donors (Lipinski definition) is 1. The van der Waals surface area contributed by atoms with Crippen LogP contribution in [0.3, 0.4) is 0 Å². The lowest BCUT2D eigenvalue weighted by Gasteiger charge is -2.18. The average Bonchev–Trinajstić information content (AvgIpc) is 3.01. The summed E-state index contributed by atoms with van der Waals surface area (Å²) in [7, 11) is 0. The molecule has 96 valence electrons. The van der Waals surface area contributed by atoms with Crippen molar-refractivity contribution in [3.05, 3.63) is 27.8 Å². The molecule has 0 atom stereocenters. The van der Waals surface area contributed by atoms with Crippen LogP contribution in [0.25, 0.3) is 0 Å². The van der Waals surface area contributed by atoms with E-state index in [4.69, 9.17) is 4.52 Å². The van der Waals surface area contributed by atoms with Gasteiger partial charge in [-0.05, 0) is 32.9 Å². The van der Waals surface area contributed by atoms with E-state index in [9.17, 15) is 0 Å². The van der Waals surface area contributed by atoms with Crippen molar-refractivity contribution in [3.63, 3.8) is 0 Å². The van der Waals surface area contributed by atoms with Gasteiger partial charge in [-0.3, -0.25) is 0 Å². The third-order valence-corrected chi connectivity index (χ3v) is 4.11. The number of aromatic nitrogens is 3. The van der Waals surface area contributed by atoms with Gasteiger partial charge >= 0.3 is 0 Å². The molecule has 1 fully saturated rings. The maximum atomic E-state index is 5.37. The van der Waals surface area contributed by atoms with Crippen LogP contribution in [-0.4, -0.2) is 28.2 Å². The van der Waals surface area contributed by atoms with E-state index in [1.807, 2.05) is 12.3 Å². The fraction of sp³-hybridized carbons (Fsp3) is 0.583. The summed E-state index contributed by atoms with van der Waals surface area (Å²) >= 11 is 1.65. The molecular formula is C12H16N4OS. The third kappa shape index (κ3) is 2.59. The molecule has 0 radical (unpaired) electrons. The van der Waals surface area contributed by atoms with Crippen molar-refractivity contribution < 1.29 is 4.52 Å². The van der Waals surface area contributed by atoms with Crippen LogP contribution >= 0.6 is 11.3 Å². The molecule has 0 bridgehead atoms. The Bertz CT molecular complexity index is 516. The zero-order chi connectivity index (χ0) is 12.4. The van der Waals surface area contributed by atoms with E-state index in [2.05, 4.69) is 20.4 Å². The molecule has 1 N–H and O–H groups in total. The maximum Gasteiger partial charge on any atom is 0.229 e. The summed E-state index contributed by atoms with van der Waals surface area (Å²) in [6.07, 6.45) is 2.84. The zero-order valence-corrected chi connectivity index (χ0v) is 11.2. The Morgan fingerprint density at radius 2 is 2.22 bits per heavy atom. The summed E-state index contributed by atoms with van der Waals surface area (Å²) in [6, 6.07) is 0. The summed E-state index contributed by atoms with van der Waals surface area (Å²) in [5, 5.41) is 10.5. The number of thiazole rings is 1. The molecule has 2 aromatic heterocycles. The highest BCUT2D eigenvalue weighted by atomic mass is 32.1. The van der Waals surface area contributed by atoms with E-state index >= 15 is 0 Å². The van der Waals surface area contributed by atoms with Crippen LogP contribution in [0.2, 0.25) is 0 Å². The Kier molecular flexibility index (Phi) is 3.38. The van der Waals surface area contributed by atoms with Gasteiger partial charge in [0.05, 0.1) is 6.42 Å². The molecular weight excluding hydrogens is 248 g/mol. The van der Waals surface area contributed by atoms with Gasteiger partial charge in [0.15, 0.2) is 5.82 Å². The van der Waals surface area contributed by atoms with Crippen LogP contribution in [0.4, 0.5) is 0 Å². The van der Waals surface area contributed by atoms with E-state index in [1.54, 1.807) is 11.3 Å². The van der Waals surface area contributed by atoms with E-state index < -0.39 is 0 Å². The van der Waals surface area contributed by atoms with Crippen LogP contribution in [0.15, 0.2) is 9.90 Å². The van der Waals surface area contributed by atoms with Crippen molar-refractivity contribution in [2.75, 3.05) is 13.1 Å². The molecule has 0 saturated carbocycles. The molecule has 0 aromatic carbocycles. The fourth-order valence-electron chi connectivity index (χ4n) is 2.19. The summed E-state index contributed by atoms with van der Waals surface area (Å²) in [4.78, 5) is 8.91. The molecule has 2 aromatic rings. The molecule has 1 aliphatic heterocycles. The fourth-order valence-corrected chi connectivity index (χ4v) is 2.96. The molecule has 6 heteroatoms. The second kappa shape index (κ2) is 5.16. The summed E-state index contributed by atoms with van der Waals surface area (Å²) in [5.74, 6) is 1.96. The van der Waals surface area contributed by atoms with Crippen LogP contribution in [-0.2, 0) is 6.42 Å². The molecule has 0 spiro atoms. The average molecular weight is 264 g/mol. The molecule has 1 saturated heterocycles.